The molecule has 5 aliphatic carbocycles. The number of methoxy groups -OCH3 is 2. The van der Waals surface area contributed by atoms with Crippen molar-refractivity contribution in [1.82, 2.24) is 4.90 Å². The van der Waals surface area contributed by atoms with Crippen LogP contribution in [0.5, 0.6) is 0 Å². The van der Waals surface area contributed by atoms with Gasteiger partial charge >= 0.3 is 0 Å². The number of ketones is 2. The normalized spacial score (nSPS) is 60.0. The standard InChI is InChI=1S/C22H31NO6/c1-4-23-9-20(26)6-5-13(29-3)22-12(20)7-10(19(22)23)21(27)8-11(28-2)14-15(21)16(22)18(25)17(14)24/h10-16,19,26-27H,4-9H2,1-3H3/t10?,11-,12+,13-,14-,15+,16+,19?,20+,21+,22?/m0/s1. The minimum absolute atomic E-state index is 0.0552. The van der Waals surface area contributed by atoms with Crippen LogP contribution in [0, 0.1) is 35.0 Å². The number of piperidine rings is 1. The second kappa shape index (κ2) is 5.49. The summed E-state index contributed by atoms with van der Waals surface area (Å²) in [7, 11) is 3.26. The van der Waals surface area contributed by atoms with Crippen LogP contribution in [0.15, 0.2) is 0 Å². The number of nitrogens with zero attached hydrogens (tertiary/aromatic N) is 1. The highest BCUT2D eigenvalue weighted by Gasteiger charge is 2.86. The molecule has 6 fully saturated rings. The molecule has 0 amide bonds. The summed E-state index contributed by atoms with van der Waals surface area (Å²) in [5.74, 6) is -2.53. The van der Waals surface area contributed by atoms with E-state index in [1.807, 2.05) is 0 Å². The molecule has 6 rings (SSSR count). The topological polar surface area (TPSA) is 96.3 Å². The average molecular weight is 405 g/mol. The van der Waals surface area contributed by atoms with Crippen molar-refractivity contribution in [2.24, 2.45) is 35.0 Å². The predicted molar refractivity (Wildman–Crippen MR) is 101 cm³/mol. The van der Waals surface area contributed by atoms with Gasteiger partial charge in [0, 0.05) is 56.4 Å². The molecule has 0 radical (unpaired) electrons. The molecule has 0 aromatic carbocycles. The van der Waals surface area contributed by atoms with Crippen LogP contribution in [0.25, 0.3) is 0 Å². The Morgan fingerprint density at radius 2 is 1.93 bits per heavy atom. The number of carbonyl (C=O) groups is 2. The Labute approximate surface area is 170 Å². The predicted octanol–water partition coefficient (Wildman–Crippen LogP) is 0.0167. The zero-order valence-electron chi connectivity index (χ0n) is 17.3. The van der Waals surface area contributed by atoms with Gasteiger partial charge in [0.25, 0.3) is 0 Å². The molecule has 1 saturated heterocycles. The second-order valence-corrected chi connectivity index (χ2v) is 10.5. The van der Waals surface area contributed by atoms with Gasteiger partial charge in [0.2, 0.25) is 11.6 Å². The van der Waals surface area contributed by atoms with Crippen LogP contribution < -0.4 is 0 Å². The third-order valence-corrected chi connectivity index (χ3v) is 10.2. The fraction of sp³-hybridized carbons (Fsp3) is 0.909. The number of fused-ring (bicyclic) bond motifs is 1. The summed E-state index contributed by atoms with van der Waals surface area (Å²) in [5.41, 5.74) is -2.61. The van der Waals surface area contributed by atoms with Crippen LogP contribution in [0.2, 0.25) is 0 Å². The Kier molecular flexibility index (Phi) is 3.57. The highest BCUT2D eigenvalue weighted by Crippen LogP contribution is 2.77. The third kappa shape index (κ3) is 1.75. The summed E-state index contributed by atoms with van der Waals surface area (Å²) in [5, 5.41) is 23.9. The lowest BCUT2D eigenvalue weighted by molar-refractivity contribution is -0.267. The molecule has 3 unspecified atom stereocenters. The number of ether oxygens (including phenoxy) is 2. The SMILES string of the molecule is CCN1C[C@]2(O)CC[C@H](OC)C34C1C(C[C@@H]32)[C@]1(O)C[C@H](OC)[C@@H]2C(=O)C(=O)[C@H]4[C@@H]21. The number of aliphatic hydroxyl groups is 2. The highest BCUT2D eigenvalue weighted by molar-refractivity contribution is 6.41. The van der Waals surface area contributed by atoms with E-state index in [9.17, 15) is 19.8 Å². The summed E-state index contributed by atoms with van der Waals surface area (Å²) in [6.45, 7) is 3.38. The average Bonchev–Trinajstić information content (AvgIpc) is 3.24. The number of β-amino-alcohol motifs (C(OH)–C–C–N with tert-alkyl or cyclic N) is 1. The molecule has 2 N–H and O–H groups in total. The zero-order valence-corrected chi connectivity index (χ0v) is 17.3. The van der Waals surface area contributed by atoms with Crippen LogP contribution in [-0.4, -0.2) is 83.4 Å². The van der Waals surface area contributed by atoms with Gasteiger partial charge in [0.1, 0.15) is 0 Å². The van der Waals surface area contributed by atoms with Gasteiger partial charge in [-0.2, -0.15) is 0 Å². The van der Waals surface area contributed by atoms with E-state index in [4.69, 9.17) is 9.47 Å². The largest absolute Gasteiger partial charge is 0.389 e. The van der Waals surface area contributed by atoms with Gasteiger partial charge in [-0.05, 0) is 31.7 Å². The molecule has 5 saturated carbocycles. The molecule has 5 bridgehead atoms. The number of hydrogen-bond donors (Lipinski definition) is 2. The summed E-state index contributed by atoms with van der Waals surface area (Å²) < 4.78 is 11.7. The van der Waals surface area contributed by atoms with Crippen LogP contribution in [0.4, 0.5) is 0 Å². The van der Waals surface area contributed by atoms with Crippen molar-refractivity contribution in [3.05, 3.63) is 0 Å². The summed E-state index contributed by atoms with van der Waals surface area (Å²) in [6.07, 6.45) is 1.80. The van der Waals surface area contributed by atoms with Gasteiger partial charge in [0.05, 0.1) is 29.3 Å². The second-order valence-electron chi connectivity index (χ2n) is 10.5. The molecule has 1 spiro atoms. The van der Waals surface area contributed by atoms with E-state index in [1.165, 1.54) is 0 Å². The van der Waals surface area contributed by atoms with Crippen molar-refractivity contribution >= 4 is 11.6 Å². The first-order chi connectivity index (χ1) is 13.8. The van der Waals surface area contributed by atoms with E-state index in [-0.39, 0.29) is 35.5 Å². The molecule has 29 heavy (non-hydrogen) atoms. The molecule has 0 aromatic rings. The molecule has 6 aliphatic rings. The van der Waals surface area contributed by atoms with Crippen LogP contribution in [0.1, 0.15) is 32.6 Å². The van der Waals surface area contributed by atoms with Gasteiger partial charge < -0.3 is 19.7 Å². The van der Waals surface area contributed by atoms with E-state index in [2.05, 4.69) is 11.8 Å². The highest BCUT2D eigenvalue weighted by atomic mass is 16.5. The number of likely N-dealkylation sites (tertiary alicyclic amines) is 1. The van der Waals surface area contributed by atoms with Crippen molar-refractivity contribution in [3.63, 3.8) is 0 Å². The van der Waals surface area contributed by atoms with Crippen molar-refractivity contribution in [2.75, 3.05) is 27.3 Å². The van der Waals surface area contributed by atoms with E-state index in [1.54, 1.807) is 14.2 Å². The Hall–Kier alpha value is -0.860. The molecule has 1 heterocycles. The van der Waals surface area contributed by atoms with Gasteiger partial charge in [-0.1, -0.05) is 6.92 Å². The number of carbonyl (C=O) groups excluding carboxylic acids is 2. The lowest BCUT2D eigenvalue weighted by atomic mass is 9.45. The van der Waals surface area contributed by atoms with Crippen LogP contribution >= 0.6 is 0 Å². The maximum atomic E-state index is 13.5. The Morgan fingerprint density at radius 1 is 1.17 bits per heavy atom. The lowest BCUT2D eigenvalue weighted by Crippen LogP contribution is -2.77. The Balaban J connectivity index is 1.64. The number of hydrogen-bond acceptors (Lipinski definition) is 7. The fourth-order valence-corrected chi connectivity index (χ4v) is 9.57. The van der Waals surface area contributed by atoms with E-state index in [0.717, 1.165) is 6.54 Å². The molecule has 7 heteroatoms. The smallest absolute Gasteiger partial charge is 0.204 e. The monoisotopic (exact) mass is 405 g/mol. The van der Waals surface area contributed by atoms with Crippen molar-refractivity contribution < 1.29 is 29.3 Å². The van der Waals surface area contributed by atoms with E-state index >= 15 is 0 Å². The molecule has 1 aliphatic heterocycles. The number of rotatable bonds is 3. The summed E-state index contributed by atoms with van der Waals surface area (Å²) >= 11 is 0. The zero-order chi connectivity index (χ0) is 20.5. The van der Waals surface area contributed by atoms with Gasteiger partial charge in [-0.25, -0.2) is 0 Å². The third-order valence-electron chi connectivity index (χ3n) is 10.2. The van der Waals surface area contributed by atoms with Gasteiger partial charge in [-0.3, -0.25) is 14.5 Å². The molecular weight excluding hydrogens is 374 g/mol. The molecular formula is C22H31NO6. The molecule has 11 atom stereocenters. The number of likely N-dealkylation sites (N-methyl/N-ethyl adjacent to an activating group) is 1. The molecule has 0 aromatic heterocycles. The van der Waals surface area contributed by atoms with E-state index in [0.29, 0.717) is 32.2 Å². The maximum Gasteiger partial charge on any atom is 0.204 e. The quantitative estimate of drug-likeness (QED) is 0.639. The van der Waals surface area contributed by atoms with Gasteiger partial charge in [0.15, 0.2) is 0 Å². The minimum atomic E-state index is -1.11. The van der Waals surface area contributed by atoms with Crippen LogP contribution in [0.3, 0.4) is 0 Å². The number of Topliss-reactive ketones (excluding diaryl/α,β-unsaturated/α-hetero) is 2. The first-order valence-electron chi connectivity index (χ1n) is 11.1. The summed E-state index contributed by atoms with van der Waals surface area (Å²) in [6, 6.07) is -0.0552. The first kappa shape index (κ1) is 18.9. The molecule has 160 valence electrons. The first-order valence-corrected chi connectivity index (χ1v) is 11.1. The van der Waals surface area contributed by atoms with Gasteiger partial charge in [-0.15, -0.1) is 0 Å². The lowest BCUT2D eigenvalue weighted by Gasteiger charge is -2.67. The molecule has 7 nitrogen and oxygen atoms in total. The van der Waals surface area contributed by atoms with Crippen molar-refractivity contribution in [2.45, 2.75) is 62.1 Å². The van der Waals surface area contributed by atoms with E-state index < -0.39 is 40.5 Å². The van der Waals surface area contributed by atoms with Crippen molar-refractivity contribution in [1.29, 1.82) is 0 Å². The Bertz CT molecular complexity index is 802. The maximum absolute atomic E-state index is 13.5. The van der Waals surface area contributed by atoms with Crippen molar-refractivity contribution in [3.8, 4) is 0 Å². The van der Waals surface area contributed by atoms with Crippen LogP contribution in [-0.2, 0) is 19.1 Å². The summed E-state index contributed by atoms with van der Waals surface area (Å²) in [4.78, 5) is 29.0. The minimum Gasteiger partial charge on any atom is -0.389 e. The fourth-order valence-electron chi connectivity index (χ4n) is 9.57. The Morgan fingerprint density at radius 3 is 2.59 bits per heavy atom.